The molecule has 1 aromatic heterocycles. The van der Waals surface area contributed by atoms with Gasteiger partial charge in [-0.15, -0.1) is 5.10 Å². The number of carbonyl (C=O) groups is 1. The molecule has 1 amide bonds. The van der Waals surface area contributed by atoms with Gasteiger partial charge in [0.25, 0.3) is 5.91 Å². The number of hydrogen-bond acceptors (Lipinski definition) is 3. The fourth-order valence-electron chi connectivity index (χ4n) is 3.06. The molecule has 5 nitrogen and oxygen atoms in total. The van der Waals surface area contributed by atoms with Crippen LogP contribution < -0.4 is 5.32 Å². The van der Waals surface area contributed by atoms with E-state index in [-0.39, 0.29) is 11.7 Å². The van der Waals surface area contributed by atoms with Crippen molar-refractivity contribution >= 4 is 23.2 Å². The molecule has 0 saturated carbocycles. The second-order valence-corrected chi connectivity index (χ2v) is 7.70. The van der Waals surface area contributed by atoms with Gasteiger partial charge in [0.1, 0.15) is 0 Å². The predicted molar refractivity (Wildman–Crippen MR) is 120 cm³/mol. The SMILES string of the molecule is Cc1ccc(NC(=O)c2nc(-c3ccc(Cl)cc3)n(-c3ccc(C)c(C)c3)n2)cc1. The highest BCUT2D eigenvalue weighted by Crippen LogP contribution is 2.24. The topological polar surface area (TPSA) is 59.8 Å². The van der Waals surface area contributed by atoms with Gasteiger partial charge in [0.2, 0.25) is 5.82 Å². The van der Waals surface area contributed by atoms with Crippen molar-refractivity contribution < 1.29 is 4.79 Å². The molecule has 0 radical (unpaired) electrons. The zero-order valence-electron chi connectivity index (χ0n) is 17.0. The zero-order valence-corrected chi connectivity index (χ0v) is 17.7. The molecular formula is C24H21ClN4O. The number of halogens is 1. The number of carbonyl (C=O) groups excluding carboxylic acids is 1. The lowest BCUT2D eigenvalue weighted by molar-refractivity contribution is 0.101. The maximum Gasteiger partial charge on any atom is 0.295 e. The highest BCUT2D eigenvalue weighted by atomic mass is 35.5. The van der Waals surface area contributed by atoms with Crippen LogP contribution in [0.15, 0.2) is 66.7 Å². The summed E-state index contributed by atoms with van der Waals surface area (Å²) in [7, 11) is 0. The third-order valence-electron chi connectivity index (χ3n) is 4.96. The van der Waals surface area contributed by atoms with Gasteiger partial charge in [-0.05, 0) is 80.4 Å². The molecule has 0 atom stereocenters. The van der Waals surface area contributed by atoms with E-state index in [1.54, 1.807) is 16.8 Å². The first-order chi connectivity index (χ1) is 14.4. The Labute approximate surface area is 180 Å². The van der Waals surface area contributed by atoms with Crippen LogP contribution in [0.1, 0.15) is 27.3 Å². The summed E-state index contributed by atoms with van der Waals surface area (Å²) in [4.78, 5) is 17.4. The molecule has 3 aromatic carbocycles. The van der Waals surface area contributed by atoms with E-state index in [0.717, 1.165) is 22.4 Å². The minimum Gasteiger partial charge on any atom is -0.319 e. The molecule has 30 heavy (non-hydrogen) atoms. The number of benzene rings is 3. The second kappa shape index (κ2) is 8.13. The van der Waals surface area contributed by atoms with Crippen molar-refractivity contribution in [1.29, 1.82) is 0 Å². The lowest BCUT2D eigenvalue weighted by Gasteiger charge is -2.08. The Balaban J connectivity index is 1.76. The highest BCUT2D eigenvalue weighted by molar-refractivity contribution is 6.30. The first-order valence-electron chi connectivity index (χ1n) is 9.59. The molecule has 0 aliphatic carbocycles. The average Bonchev–Trinajstić information content (AvgIpc) is 3.18. The molecule has 0 aliphatic rings. The summed E-state index contributed by atoms with van der Waals surface area (Å²) in [6.07, 6.45) is 0. The molecule has 150 valence electrons. The fraction of sp³-hybridized carbons (Fsp3) is 0.125. The van der Waals surface area contributed by atoms with Crippen molar-refractivity contribution in [2.75, 3.05) is 5.32 Å². The van der Waals surface area contributed by atoms with Crippen LogP contribution in [-0.2, 0) is 0 Å². The van der Waals surface area contributed by atoms with Gasteiger partial charge in [-0.1, -0.05) is 35.4 Å². The number of aromatic nitrogens is 3. The third kappa shape index (κ3) is 4.11. The number of nitrogens with one attached hydrogen (secondary N) is 1. The monoisotopic (exact) mass is 416 g/mol. The van der Waals surface area contributed by atoms with Gasteiger partial charge in [-0.3, -0.25) is 4.79 Å². The van der Waals surface area contributed by atoms with E-state index in [9.17, 15) is 4.79 Å². The van der Waals surface area contributed by atoms with E-state index < -0.39 is 0 Å². The fourth-order valence-corrected chi connectivity index (χ4v) is 3.18. The van der Waals surface area contributed by atoms with Gasteiger partial charge in [0, 0.05) is 16.3 Å². The summed E-state index contributed by atoms with van der Waals surface area (Å²) in [6, 6.07) is 20.9. The van der Waals surface area contributed by atoms with E-state index in [0.29, 0.717) is 16.5 Å². The van der Waals surface area contributed by atoms with E-state index in [1.165, 1.54) is 5.56 Å². The zero-order chi connectivity index (χ0) is 21.3. The normalized spacial score (nSPS) is 10.8. The first-order valence-corrected chi connectivity index (χ1v) is 9.97. The van der Waals surface area contributed by atoms with Gasteiger partial charge < -0.3 is 5.32 Å². The molecule has 0 spiro atoms. The molecule has 0 saturated heterocycles. The van der Waals surface area contributed by atoms with Crippen molar-refractivity contribution in [3.63, 3.8) is 0 Å². The molecule has 0 aliphatic heterocycles. The Morgan fingerprint density at radius 3 is 2.27 bits per heavy atom. The molecule has 1 N–H and O–H groups in total. The highest BCUT2D eigenvalue weighted by Gasteiger charge is 2.19. The average molecular weight is 417 g/mol. The minimum absolute atomic E-state index is 0.0961. The van der Waals surface area contributed by atoms with Crippen molar-refractivity contribution in [2.45, 2.75) is 20.8 Å². The molecule has 4 aromatic rings. The largest absolute Gasteiger partial charge is 0.319 e. The maximum absolute atomic E-state index is 12.8. The summed E-state index contributed by atoms with van der Waals surface area (Å²) in [5.41, 5.74) is 5.79. The Morgan fingerprint density at radius 1 is 0.900 bits per heavy atom. The summed E-state index contributed by atoms with van der Waals surface area (Å²) in [5.74, 6) is 0.305. The van der Waals surface area contributed by atoms with Gasteiger partial charge >= 0.3 is 0 Å². The maximum atomic E-state index is 12.8. The minimum atomic E-state index is -0.364. The van der Waals surface area contributed by atoms with Crippen molar-refractivity contribution in [3.8, 4) is 17.1 Å². The summed E-state index contributed by atoms with van der Waals surface area (Å²) >= 11 is 6.04. The second-order valence-electron chi connectivity index (χ2n) is 7.27. The molecule has 1 heterocycles. The Bertz CT molecular complexity index is 1210. The van der Waals surface area contributed by atoms with E-state index in [1.807, 2.05) is 68.4 Å². The molecule has 6 heteroatoms. The van der Waals surface area contributed by atoms with Crippen LogP contribution in [0.2, 0.25) is 5.02 Å². The predicted octanol–water partition coefficient (Wildman–Crippen LogP) is 5.77. The molecule has 0 fully saturated rings. The molecule has 0 bridgehead atoms. The smallest absolute Gasteiger partial charge is 0.295 e. The van der Waals surface area contributed by atoms with Gasteiger partial charge in [0.15, 0.2) is 5.82 Å². The van der Waals surface area contributed by atoms with E-state index >= 15 is 0 Å². The quantitative estimate of drug-likeness (QED) is 0.459. The van der Waals surface area contributed by atoms with Gasteiger partial charge in [-0.25, -0.2) is 9.67 Å². The molecule has 0 unspecified atom stereocenters. The van der Waals surface area contributed by atoms with Crippen LogP contribution in [0.4, 0.5) is 5.69 Å². The van der Waals surface area contributed by atoms with Crippen molar-refractivity contribution in [3.05, 3.63) is 94.3 Å². The van der Waals surface area contributed by atoms with Crippen LogP contribution >= 0.6 is 11.6 Å². The van der Waals surface area contributed by atoms with Crippen molar-refractivity contribution in [2.24, 2.45) is 0 Å². The standard InChI is InChI=1S/C24H21ClN4O/c1-15-4-11-20(12-5-15)26-24(30)22-27-23(18-7-9-19(25)10-8-18)29(28-22)21-13-6-16(2)17(3)14-21/h4-14H,1-3H3,(H,26,30). The van der Waals surface area contributed by atoms with Gasteiger partial charge in [-0.2, -0.15) is 0 Å². The first kappa shape index (κ1) is 19.9. The van der Waals surface area contributed by atoms with Crippen LogP contribution in [0.5, 0.6) is 0 Å². The Kier molecular flexibility index (Phi) is 5.38. The Hall–Kier alpha value is -3.44. The van der Waals surface area contributed by atoms with Crippen LogP contribution in [0.3, 0.4) is 0 Å². The van der Waals surface area contributed by atoms with Crippen LogP contribution in [0.25, 0.3) is 17.1 Å². The summed E-state index contributed by atoms with van der Waals surface area (Å²) < 4.78 is 1.69. The number of rotatable bonds is 4. The molecule has 4 rings (SSSR count). The van der Waals surface area contributed by atoms with Crippen molar-refractivity contribution in [1.82, 2.24) is 14.8 Å². The number of hydrogen-bond donors (Lipinski definition) is 1. The number of amides is 1. The van der Waals surface area contributed by atoms with E-state index in [2.05, 4.69) is 22.3 Å². The van der Waals surface area contributed by atoms with Crippen LogP contribution in [-0.4, -0.2) is 20.7 Å². The Morgan fingerprint density at radius 2 is 1.60 bits per heavy atom. The number of aryl methyl sites for hydroxylation is 3. The van der Waals surface area contributed by atoms with Gasteiger partial charge in [0.05, 0.1) is 5.69 Å². The number of anilines is 1. The lowest BCUT2D eigenvalue weighted by atomic mass is 10.1. The van der Waals surface area contributed by atoms with E-state index in [4.69, 9.17) is 11.6 Å². The molecular weight excluding hydrogens is 396 g/mol. The van der Waals surface area contributed by atoms with Crippen LogP contribution in [0, 0.1) is 20.8 Å². The number of nitrogens with zero attached hydrogens (tertiary/aromatic N) is 3. The summed E-state index contributed by atoms with van der Waals surface area (Å²) in [5, 5.41) is 8.02. The lowest BCUT2D eigenvalue weighted by Crippen LogP contribution is -2.14. The summed E-state index contributed by atoms with van der Waals surface area (Å²) in [6.45, 7) is 6.10. The third-order valence-corrected chi connectivity index (χ3v) is 5.21.